The second kappa shape index (κ2) is 6.50. The van der Waals surface area contributed by atoms with Gasteiger partial charge in [-0.3, -0.25) is 4.79 Å². The van der Waals surface area contributed by atoms with E-state index >= 15 is 0 Å². The van der Waals surface area contributed by atoms with Crippen LogP contribution in [0.2, 0.25) is 5.02 Å². The lowest BCUT2D eigenvalue weighted by Crippen LogP contribution is -2.49. The predicted molar refractivity (Wildman–Crippen MR) is 88.3 cm³/mol. The van der Waals surface area contributed by atoms with Gasteiger partial charge in [0.15, 0.2) is 0 Å². The van der Waals surface area contributed by atoms with Crippen molar-refractivity contribution in [1.82, 2.24) is 4.90 Å². The SMILES string of the molecule is O=C(Cc1cccs1)N1CCN(c2ccc(Cl)cc2)CC1. The lowest BCUT2D eigenvalue weighted by atomic mass is 10.2. The van der Waals surface area contributed by atoms with Gasteiger partial charge in [0.1, 0.15) is 0 Å². The second-order valence-electron chi connectivity index (χ2n) is 5.10. The number of hydrogen-bond donors (Lipinski definition) is 0. The third-order valence-corrected chi connectivity index (χ3v) is 4.86. The molecular weight excluding hydrogens is 304 g/mol. The number of anilines is 1. The zero-order valence-corrected chi connectivity index (χ0v) is 13.2. The average Bonchev–Trinajstić information content (AvgIpc) is 3.01. The second-order valence-corrected chi connectivity index (χ2v) is 6.57. The normalized spacial score (nSPS) is 15.3. The van der Waals surface area contributed by atoms with Gasteiger partial charge in [0.05, 0.1) is 6.42 Å². The molecule has 1 saturated heterocycles. The van der Waals surface area contributed by atoms with E-state index < -0.39 is 0 Å². The Labute approximate surface area is 133 Å². The summed E-state index contributed by atoms with van der Waals surface area (Å²) < 4.78 is 0. The van der Waals surface area contributed by atoms with Crippen LogP contribution in [0.4, 0.5) is 5.69 Å². The number of carbonyl (C=O) groups is 1. The minimum atomic E-state index is 0.230. The minimum Gasteiger partial charge on any atom is -0.368 e. The standard InChI is InChI=1S/C16H17ClN2OS/c17-13-3-5-14(6-4-13)18-7-9-19(10-8-18)16(20)12-15-2-1-11-21-15/h1-6,11H,7-10,12H2. The van der Waals surface area contributed by atoms with E-state index in [1.807, 2.05) is 46.7 Å². The summed E-state index contributed by atoms with van der Waals surface area (Å²) in [4.78, 5) is 17.7. The summed E-state index contributed by atoms with van der Waals surface area (Å²) in [5.74, 6) is 0.230. The van der Waals surface area contributed by atoms with Gasteiger partial charge in [0.2, 0.25) is 5.91 Å². The molecule has 110 valence electrons. The molecule has 21 heavy (non-hydrogen) atoms. The van der Waals surface area contributed by atoms with E-state index in [-0.39, 0.29) is 5.91 Å². The number of nitrogens with zero attached hydrogens (tertiary/aromatic N) is 2. The van der Waals surface area contributed by atoms with Crippen molar-refractivity contribution in [3.63, 3.8) is 0 Å². The van der Waals surface area contributed by atoms with Gasteiger partial charge >= 0.3 is 0 Å². The van der Waals surface area contributed by atoms with Crippen molar-refractivity contribution in [1.29, 1.82) is 0 Å². The maximum atomic E-state index is 12.2. The highest BCUT2D eigenvalue weighted by atomic mass is 35.5. The van der Waals surface area contributed by atoms with Crippen LogP contribution in [-0.2, 0) is 11.2 Å². The molecule has 0 radical (unpaired) electrons. The van der Waals surface area contributed by atoms with Gasteiger partial charge in [0, 0.05) is 41.8 Å². The molecule has 0 saturated carbocycles. The number of halogens is 1. The van der Waals surface area contributed by atoms with E-state index in [4.69, 9.17) is 11.6 Å². The molecule has 0 unspecified atom stereocenters. The number of thiophene rings is 1. The maximum Gasteiger partial charge on any atom is 0.227 e. The fourth-order valence-corrected chi connectivity index (χ4v) is 3.36. The van der Waals surface area contributed by atoms with Crippen LogP contribution in [-0.4, -0.2) is 37.0 Å². The molecule has 3 rings (SSSR count). The van der Waals surface area contributed by atoms with Crippen LogP contribution < -0.4 is 4.90 Å². The molecule has 0 aliphatic carbocycles. The van der Waals surface area contributed by atoms with Gasteiger partial charge < -0.3 is 9.80 Å². The van der Waals surface area contributed by atoms with Crippen LogP contribution >= 0.6 is 22.9 Å². The Balaban J connectivity index is 1.55. The van der Waals surface area contributed by atoms with Crippen LogP contribution in [0.1, 0.15) is 4.88 Å². The molecule has 0 bridgehead atoms. The largest absolute Gasteiger partial charge is 0.368 e. The van der Waals surface area contributed by atoms with Crippen molar-refractivity contribution in [2.24, 2.45) is 0 Å². The number of hydrogen-bond acceptors (Lipinski definition) is 3. The maximum absolute atomic E-state index is 12.2. The monoisotopic (exact) mass is 320 g/mol. The minimum absolute atomic E-state index is 0.230. The van der Waals surface area contributed by atoms with Gasteiger partial charge in [-0.05, 0) is 35.7 Å². The van der Waals surface area contributed by atoms with Crippen molar-refractivity contribution in [3.8, 4) is 0 Å². The number of piperazine rings is 1. The summed E-state index contributed by atoms with van der Waals surface area (Å²) in [7, 11) is 0. The third kappa shape index (κ3) is 3.57. The fourth-order valence-electron chi connectivity index (χ4n) is 2.54. The van der Waals surface area contributed by atoms with Crippen molar-refractivity contribution in [3.05, 3.63) is 51.7 Å². The van der Waals surface area contributed by atoms with Crippen LogP contribution in [0, 0.1) is 0 Å². The van der Waals surface area contributed by atoms with E-state index in [1.54, 1.807) is 11.3 Å². The Hall–Kier alpha value is -1.52. The molecule has 2 aromatic rings. The van der Waals surface area contributed by atoms with E-state index in [0.717, 1.165) is 36.1 Å². The Morgan fingerprint density at radius 3 is 2.43 bits per heavy atom. The zero-order valence-electron chi connectivity index (χ0n) is 11.7. The molecule has 1 aromatic carbocycles. The predicted octanol–water partition coefficient (Wildman–Crippen LogP) is 3.29. The van der Waals surface area contributed by atoms with Gasteiger partial charge in [-0.1, -0.05) is 17.7 Å². The Kier molecular flexibility index (Phi) is 4.46. The zero-order chi connectivity index (χ0) is 14.7. The molecule has 1 aromatic heterocycles. The topological polar surface area (TPSA) is 23.6 Å². The lowest BCUT2D eigenvalue weighted by Gasteiger charge is -2.36. The molecule has 0 spiro atoms. The number of benzene rings is 1. The summed E-state index contributed by atoms with van der Waals surface area (Å²) in [6.07, 6.45) is 0.526. The molecule has 1 amide bonds. The first-order valence-electron chi connectivity index (χ1n) is 7.03. The molecule has 3 nitrogen and oxygen atoms in total. The highest BCUT2D eigenvalue weighted by Gasteiger charge is 2.21. The van der Waals surface area contributed by atoms with Crippen molar-refractivity contribution in [2.45, 2.75) is 6.42 Å². The number of amides is 1. The summed E-state index contributed by atoms with van der Waals surface area (Å²) in [5, 5.41) is 2.77. The highest BCUT2D eigenvalue weighted by molar-refractivity contribution is 7.10. The summed E-state index contributed by atoms with van der Waals surface area (Å²) in [6.45, 7) is 3.31. The lowest BCUT2D eigenvalue weighted by molar-refractivity contribution is -0.130. The van der Waals surface area contributed by atoms with E-state index in [9.17, 15) is 4.79 Å². The number of carbonyl (C=O) groups excluding carboxylic acids is 1. The molecule has 0 N–H and O–H groups in total. The molecule has 1 aliphatic rings. The van der Waals surface area contributed by atoms with Crippen molar-refractivity contribution >= 4 is 34.5 Å². The third-order valence-electron chi connectivity index (χ3n) is 3.73. The van der Waals surface area contributed by atoms with Crippen LogP contribution in [0.5, 0.6) is 0 Å². The molecule has 2 heterocycles. The van der Waals surface area contributed by atoms with Crippen LogP contribution in [0.3, 0.4) is 0 Å². The van der Waals surface area contributed by atoms with Gasteiger partial charge in [-0.2, -0.15) is 0 Å². The van der Waals surface area contributed by atoms with Gasteiger partial charge in [-0.15, -0.1) is 11.3 Å². The average molecular weight is 321 g/mol. The summed E-state index contributed by atoms with van der Waals surface area (Å²) >= 11 is 7.56. The molecule has 1 fully saturated rings. The Morgan fingerprint density at radius 1 is 1.10 bits per heavy atom. The van der Waals surface area contributed by atoms with Crippen molar-refractivity contribution < 1.29 is 4.79 Å². The molecular formula is C16H17ClN2OS. The van der Waals surface area contributed by atoms with Crippen LogP contribution in [0.15, 0.2) is 41.8 Å². The summed E-state index contributed by atoms with van der Waals surface area (Å²) in [6, 6.07) is 11.9. The van der Waals surface area contributed by atoms with Crippen molar-refractivity contribution in [2.75, 3.05) is 31.1 Å². The highest BCUT2D eigenvalue weighted by Crippen LogP contribution is 2.20. The molecule has 5 heteroatoms. The fraction of sp³-hybridized carbons (Fsp3) is 0.312. The van der Waals surface area contributed by atoms with Gasteiger partial charge in [-0.25, -0.2) is 0 Å². The van der Waals surface area contributed by atoms with E-state index in [2.05, 4.69) is 4.90 Å². The van der Waals surface area contributed by atoms with E-state index in [1.165, 1.54) is 5.69 Å². The first-order chi connectivity index (χ1) is 10.2. The van der Waals surface area contributed by atoms with Crippen LogP contribution in [0.25, 0.3) is 0 Å². The van der Waals surface area contributed by atoms with Gasteiger partial charge in [0.25, 0.3) is 0 Å². The first kappa shape index (κ1) is 14.4. The molecule has 1 aliphatic heterocycles. The van der Waals surface area contributed by atoms with E-state index in [0.29, 0.717) is 6.42 Å². The quantitative estimate of drug-likeness (QED) is 0.866. The smallest absolute Gasteiger partial charge is 0.227 e. The number of rotatable bonds is 3. The summed E-state index contributed by atoms with van der Waals surface area (Å²) in [5.41, 5.74) is 1.17. The first-order valence-corrected chi connectivity index (χ1v) is 8.29. The Bertz CT molecular complexity index is 589. The molecule has 0 atom stereocenters. The Morgan fingerprint density at radius 2 is 1.81 bits per heavy atom.